The van der Waals surface area contributed by atoms with Crippen molar-refractivity contribution in [2.75, 3.05) is 25.9 Å². The molecular formula is C39H41N7O3. The number of nitrogens with zero attached hydrogens (tertiary/aromatic N) is 6. The number of hydrogen-bond donors (Lipinski definition) is 2. The summed E-state index contributed by atoms with van der Waals surface area (Å²) in [5, 5.41) is 9.81. The smallest absolute Gasteiger partial charge is 0.253 e. The van der Waals surface area contributed by atoms with Crippen molar-refractivity contribution >= 4 is 34.7 Å². The number of piperidine rings is 1. The third kappa shape index (κ3) is 7.00. The quantitative estimate of drug-likeness (QED) is 0.126. The molecule has 5 aromatic rings. The second kappa shape index (κ2) is 14.7. The average Bonchev–Trinajstić information content (AvgIpc) is 3.50. The van der Waals surface area contributed by atoms with Crippen LogP contribution >= 0.6 is 0 Å². The SMILES string of the molecule is C/C=C\C(=C/CC)c1ccc2nc(-c3cccnc3N)n(-c3ccc(CN4CCC(N(C)C(=O)c5ccc(O)c(C=O)c5)CC4)cc3)c2n1. The van der Waals surface area contributed by atoms with Gasteiger partial charge in [0.05, 0.1) is 16.8 Å². The normalized spacial score (nSPS) is 14.5. The Bertz CT molecular complexity index is 2040. The van der Waals surface area contributed by atoms with Crippen molar-refractivity contribution in [3.63, 3.8) is 0 Å². The zero-order valence-electron chi connectivity index (χ0n) is 28.1. The van der Waals surface area contributed by atoms with Gasteiger partial charge in [-0.05, 0) is 91.9 Å². The average molecular weight is 656 g/mol. The first-order valence-electron chi connectivity index (χ1n) is 16.6. The van der Waals surface area contributed by atoms with E-state index in [1.807, 2.05) is 37.3 Å². The van der Waals surface area contributed by atoms with Gasteiger partial charge >= 0.3 is 0 Å². The molecule has 4 heterocycles. The van der Waals surface area contributed by atoms with E-state index in [0.717, 1.165) is 72.6 Å². The van der Waals surface area contributed by atoms with Gasteiger partial charge in [-0.1, -0.05) is 37.3 Å². The van der Waals surface area contributed by atoms with E-state index in [0.29, 0.717) is 23.5 Å². The fourth-order valence-electron chi connectivity index (χ4n) is 6.43. The van der Waals surface area contributed by atoms with Gasteiger partial charge in [0.1, 0.15) is 17.1 Å². The fourth-order valence-corrected chi connectivity index (χ4v) is 6.43. The van der Waals surface area contributed by atoms with Crippen LogP contribution in [0.2, 0.25) is 0 Å². The molecule has 0 atom stereocenters. The van der Waals surface area contributed by atoms with Gasteiger partial charge in [0.2, 0.25) is 0 Å². The number of aldehydes is 1. The Hall–Kier alpha value is -5.61. The number of amides is 1. The van der Waals surface area contributed by atoms with Gasteiger partial charge in [-0.3, -0.25) is 19.1 Å². The number of phenols is 1. The van der Waals surface area contributed by atoms with E-state index < -0.39 is 0 Å². The summed E-state index contributed by atoms with van der Waals surface area (Å²) in [5.41, 5.74) is 13.1. The number of hydrogen-bond acceptors (Lipinski definition) is 8. The van der Waals surface area contributed by atoms with Crippen LogP contribution in [0.1, 0.15) is 65.1 Å². The summed E-state index contributed by atoms with van der Waals surface area (Å²) in [4.78, 5) is 42.9. The maximum atomic E-state index is 13.1. The lowest BCUT2D eigenvalue weighted by atomic mass is 10.0. The number of carbonyl (C=O) groups excluding carboxylic acids is 2. The number of nitrogens with two attached hydrogens (primary N) is 1. The number of fused-ring (bicyclic) bond motifs is 1. The Morgan fingerprint density at radius 2 is 1.84 bits per heavy atom. The van der Waals surface area contributed by atoms with Crippen LogP contribution in [-0.2, 0) is 6.54 Å². The Morgan fingerprint density at radius 3 is 2.53 bits per heavy atom. The van der Waals surface area contributed by atoms with Gasteiger partial charge in [-0.2, -0.15) is 0 Å². The van der Waals surface area contributed by atoms with Crippen molar-refractivity contribution < 1.29 is 14.7 Å². The lowest BCUT2D eigenvalue weighted by Gasteiger charge is -2.37. The minimum atomic E-state index is -0.155. The van der Waals surface area contributed by atoms with E-state index in [2.05, 4.69) is 57.8 Å². The third-order valence-corrected chi connectivity index (χ3v) is 9.08. The van der Waals surface area contributed by atoms with Crippen molar-refractivity contribution in [2.24, 2.45) is 0 Å². The first-order chi connectivity index (χ1) is 23.8. The molecule has 0 radical (unpaired) electrons. The van der Waals surface area contributed by atoms with Crippen LogP contribution in [0, 0.1) is 0 Å². The Morgan fingerprint density at radius 1 is 1.06 bits per heavy atom. The molecule has 3 aromatic heterocycles. The number of allylic oxidation sites excluding steroid dienone is 4. The van der Waals surface area contributed by atoms with E-state index in [1.165, 1.54) is 17.7 Å². The van der Waals surface area contributed by atoms with Gasteiger partial charge in [-0.15, -0.1) is 0 Å². The lowest BCUT2D eigenvalue weighted by molar-refractivity contribution is 0.0636. The highest BCUT2D eigenvalue weighted by molar-refractivity contribution is 5.96. The molecular weight excluding hydrogens is 614 g/mol. The molecule has 1 aliphatic heterocycles. The Labute approximate surface area is 286 Å². The number of likely N-dealkylation sites (tertiary alicyclic amines) is 1. The molecule has 250 valence electrons. The topological polar surface area (TPSA) is 130 Å². The molecule has 1 amide bonds. The summed E-state index contributed by atoms with van der Waals surface area (Å²) < 4.78 is 2.06. The van der Waals surface area contributed by atoms with E-state index in [1.54, 1.807) is 24.2 Å². The summed E-state index contributed by atoms with van der Waals surface area (Å²) in [6.07, 6.45) is 11.1. The molecule has 1 aliphatic rings. The Kier molecular flexibility index (Phi) is 9.96. The molecule has 0 spiro atoms. The van der Waals surface area contributed by atoms with Gasteiger partial charge < -0.3 is 15.7 Å². The summed E-state index contributed by atoms with van der Waals surface area (Å²) in [5.74, 6) is 0.802. The first-order valence-corrected chi connectivity index (χ1v) is 16.6. The predicted octanol–water partition coefficient (Wildman–Crippen LogP) is 6.69. The molecule has 0 bridgehead atoms. The molecule has 3 N–H and O–H groups in total. The first kappa shape index (κ1) is 33.3. The van der Waals surface area contributed by atoms with Crippen LogP contribution < -0.4 is 5.73 Å². The number of benzene rings is 2. The summed E-state index contributed by atoms with van der Waals surface area (Å²) >= 11 is 0. The fraction of sp³-hybridized carbons (Fsp3) is 0.256. The second-order valence-electron chi connectivity index (χ2n) is 12.3. The third-order valence-electron chi connectivity index (χ3n) is 9.08. The molecule has 0 saturated carbocycles. The van der Waals surface area contributed by atoms with Crippen molar-refractivity contribution in [1.82, 2.24) is 29.3 Å². The summed E-state index contributed by atoms with van der Waals surface area (Å²) in [7, 11) is 1.81. The second-order valence-corrected chi connectivity index (χ2v) is 12.3. The minimum Gasteiger partial charge on any atom is -0.507 e. The number of nitrogen functional groups attached to an aromatic ring is 1. The number of rotatable bonds is 10. The standard InChI is InChI=1S/C39H41N7O3/c1-4-7-27(8-5-2)33-15-16-34-38(42-33)46(37(43-34)32-9-6-20-41-36(32)40)31-13-10-26(11-14-31)24-45-21-18-30(19-22-45)44(3)39(49)28-12-17-35(48)29(23-28)25-47/h4,6-17,20,23,25,30,48H,5,18-19,21-22,24H2,1-3H3,(H2,40,41)/b7-4-,27-8+. The van der Waals surface area contributed by atoms with Crippen molar-refractivity contribution in [3.8, 4) is 22.8 Å². The highest BCUT2D eigenvalue weighted by Crippen LogP contribution is 2.32. The van der Waals surface area contributed by atoms with Crippen LogP contribution in [-0.4, -0.2) is 72.8 Å². The van der Waals surface area contributed by atoms with Crippen LogP contribution in [0.4, 0.5) is 5.82 Å². The monoisotopic (exact) mass is 655 g/mol. The van der Waals surface area contributed by atoms with E-state index in [9.17, 15) is 14.7 Å². The zero-order chi connectivity index (χ0) is 34.5. The van der Waals surface area contributed by atoms with E-state index in [4.69, 9.17) is 15.7 Å². The molecule has 1 saturated heterocycles. The Balaban J connectivity index is 1.21. The predicted molar refractivity (Wildman–Crippen MR) is 193 cm³/mol. The van der Waals surface area contributed by atoms with Crippen LogP contribution in [0.5, 0.6) is 5.75 Å². The molecule has 49 heavy (non-hydrogen) atoms. The minimum absolute atomic E-state index is 0.0883. The molecule has 10 nitrogen and oxygen atoms in total. The maximum Gasteiger partial charge on any atom is 0.253 e. The summed E-state index contributed by atoms with van der Waals surface area (Å²) in [6.45, 7) is 6.61. The van der Waals surface area contributed by atoms with Crippen molar-refractivity contribution in [1.29, 1.82) is 0 Å². The van der Waals surface area contributed by atoms with E-state index >= 15 is 0 Å². The number of pyridine rings is 2. The highest BCUT2D eigenvalue weighted by Gasteiger charge is 2.27. The lowest BCUT2D eigenvalue weighted by Crippen LogP contribution is -2.45. The zero-order valence-corrected chi connectivity index (χ0v) is 28.1. The number of imidazole rings is 1. The highest BCUT2D eigenvalue weighted by atomic mass is 16.3. The van der Waals surface area contributed by atoms with Crippen molar-refractivity contribution in [2.45, 2.75) is 45.7 Å². The number of aromatic hydroxyl groups is 1. The van der Waals surface area contributed by atoms with Crippen molar-refractivity contribution in [3.05, 3.63) is 114 Å². The molecule has 10 heteroatoms. The number of anilines is 1. The summed E-state index contributed by atoms with van der Waals surface area (Å²) in [6, 6.07) is 20.8. The largest absolute Gasteiger partial charge is 0.507 e. The van der Waals surface area contributed by atoms with Crippen LogP contribution in [0.3, 0.4) is 0 Å². The number of aromatic nitrogens is 4. The number of carbonyl (C=O) groups is 2. The van der Waals surface area contributed by atoms with E-state index in [-0.39, 0.29) is 23.3 Å². The maximum absolute atomic E-state index is 13.1. The molecule has 2 aromatic carbocycles. The molecule has 0 aliphatic carbocycles. The molecule has 1 fully saturated rings. The molecule has 6 rings (SSSR count). The van der Waals surface area contributed by atoms with Gasteiger partial charge in [0.15, 0.2) is 17.8 Å². The van der Waals surface area contributed by atoms with Gasteiger partial charge in [0, 0.05) is 50.2 Å². The van der Waals surface area contributed by atoms with Gasteiger partial charge in [-0.25, -0.2) is 15.0 Å². The van der Waals surface area contributed by atoms with Crippen LogP contribution in [0.15, 0.2) is 91.2 Å². The molecule has 0 unspecified atom stereocenters. The number of phenolic OH excluding ortho intramolecular Hbond substituents is 1. The van der Waals surface area contributed by atoms with Crippen LogP contribution in [0.25, 0.3) is 33.8 Å². The van der Waals surface area contributed by atoms with Gasteiger partial charge in [0.25, 0.3) is 5.91 Å².